The molecule has 0 atom stereocenters. The maximum absolute atomic E-state index is 13.3. The van der Waals surface area contributed by atoms with Gasteiger partial charge in [0.25, 0.3) is 0 Å². The summed E-state index contributed by atoms with van der Waals surface area (Å²) < 4.78 is 13.3. The Bertz CT molecular complexity index is 468. The van der Waals surface area contributed by atoms with Crippen LogP contribution in [0.4, 0.5) is 10.1 Å². The van der Waals surface area contributed by atoms with Crippen molar-refractivity contribution in [3.8, 4) is 6.07 Å². The first-order valence-electron chi connectivity index (χ1n) is 4.56. The predicted octanol–water partition coefficient (Wildman–Crippen LogP) is 2.66. The maximum atomic E-state index is 13.3. The molecule has 5 heteroatoms. The van der Waals surface area contributed by atoms with Crippen LogP contribution in [0.25, 0.3) is 0 Å². The summed E-state index contributed by atoms with van der Waals surface area (Å²) in [6.07, 6.45) is -0.262. The number of nitriles is 1. The number of carbonyl (C=O) groups is 1. The van der Waals surface area contributed by atoms with Gasteiger partial charge in [0.2, 0.25) is 5.91 Å². The lowest BCUT2D eigenvalue weighted by atomic mass is 10.2. The topological polar surface area (TPSA) is 44.1 Å². The van der Waals surface area contributed by atoms with Crippen molar-refractivity contribution in [2.75, 3.05) is 11.9 Å². The van der Waals surface area contributed by atoms with Gasteiger partial charge in [0.05, 0.1) is 16.8 Å². The highest BCUT2D eigenvalue weighted by Crippen LogP contribution is 2.28. The molecule has 1 amide bonds. The van der Waals surface area contributed by atoms with Crippen LogP contribution >= 0.6 is 11.6 Å². The molecule has 1 rings (SSSR count). The molecule has 1 aromatic carbocycles. The Labute approximate surface area is 98.0 Å². The zero-order valence-corrected chi connectivity index (χ0v) is 9.68. The molecule has 0 aliphatic carbocycles. The fourth-order valence-electron chi connectivity index (χ4n) is 1.21. The van der Waals surface area contributed by atoms with E-state index in [0.717, 1.165) is 0 Å². The van der Waals surface area contributed by atoms with Crippen LogP contribution in [0.15, 0.2) is 12.1 Å². The normalized spacial score (nSPS) is 9.69. The number of nitrogens with zero attached hydrogens (tertiary/aromatic N) is 2. The first kappa shape index (κ1) is 12.5. The molecular weight excluding hydrogens is 231 g/mol. The zero-order chi connectivity index (χ0) is 12.3. The summed E-state index contributed by atoms with van der Waals surface area (Å²) in [5.41, 5.74) is 0.680. The van der Waals surface area contributed by atoms with Crippen LogP contribution < -0.4 is 4.90 Å². The highest BCUT2D eigenvalue weighted by atomic mass is 35.5. The van der Waals surface area contributed by atoms with Crippen molar-refractivity contribution in [2.24, 2.45) is 0 Å². The number of aryl methyl sites for hydroxylation is 1. The second-order valence-electron chi connectivity index (χ2n) is 3.34. The minimum atomic E-state index is -0.434. The highest BCUT2D eigenvalue weighted by molar-refractivity contribution is 6.33. The number of carbonyl (C=O) groups excluding carboxylic acids is 1. The number of benzene rings is 1. The Morgan fingerprint density at radius 1 is 1.62 bits per heavy atom. The molecule has 0 bridgehead atoms. The molecule has 16 heavy (non-hydrogen) atoms. The van der Waals surface area contributed by atoms with Crippen LogP contribution in [-0.2, 0) is 4.79 Å². The van der Waals surface area contributed by atoms with Gasteiger partial charge in [0, 0.05) is 7.05 Å². The summed E-state index contributed by atoms with van der Waals surface area (Å²) in [6, 6.07) is 4.37. The number of amides is 1. The van der Waals surface area contributed by atoms with Crippen LogP contribution in [-0.4, -0.2) is 13.0 Å². The van der Waals surface area contributed by atoms with Gasteiger partial charge in [-0.05, 0) is 24.6 Å². The van der Waals surface area contributed by atoms with E-state index in [1.807, 2.05) is 0 Å². The summed E-state index contributed by atoms with van der Waals surface area (Å²) in [5.74, 6) is -0.858. The molecule has 0 saturated carbocycles. The van der Waals surface area contributed by atoms with Gasteiger partial charge in [-0.25, -0.2) is 4.39 Å². The summed E-state index contributed by atoms with van der Waals surface area (Å²) in [5, 5.41) is 8.68. The van der Waals surface area contributed by atoms with Crippen molar-refractivity contribution in [3.05, 3.63) is 28.5 Å². The SMILES string of the molecule is Cc1cc(Cl)c(N(C)C(=O)CC#N)cc1F. The van der Waals surface area contributed by atoms with Crippen molar-refractivity contribution in [3.63, 3.8) is 0 Å². The largest absolute Gasteiger partial charge is 0.313 e. The standard InChI is InChI=1S/C11H10ClFN2O/c1-7-5-8(12)10(6-9(7)13)15(2)11(16)3-4-14/h5-6H,3H2,1-2H3. The van der Waals surface area contributed by atoms with E-state index in [2.05, 4.69) is 0 Å². The number of anilines is 1. The maximum Gasteiger partial charge on any atom is 0.240 e. The molecule has 0 aromatic heterocycles. The van der Waals surface area contributed by atoms with E-state index in [1.54, 1.807) is 13.0 Å². The summed E-state index contributed by atoms with van der Waals surface area (Å²) in [6.45, 7) is 1.59. The Kier molecular flexibility index (Phi) is 3.86. The van der Waals surface area contributed by atoms with E-state index in [4.69, 9.17) is 16.9 Å². The van der Waals surface area contributed by atoms with Crippen LogP contribution in [0.5, 0.6) is 0 Å². The third kappa shape index (κ3) is 2.50. The first-order chi connectivity index (χ1) is 7.47. The Morgan fingerprint density at radius 2 is 2.25 bits per heavy atom. The van der Waals surface area contributed by atoms with Gasteiger partial charge in [-0.1, -0.05) is 11.6 Å². The van der Waals surface area contributed by atoms with Crippen molar-refractivity contribution >= 4 is 23.2 Å². The number of hydrogen-bond donors (Lipinski definition) is 0. The van der Waals surface area contributed by atoms with E-state index in [1.165, 1.54) is 24.1 Å². The van der Waals surface area contributed by atoms with Crippen molar-refractivity contribution in [1.29, 1.82) is 5.26 Å². The molecule has 0 fully saturated rings. The number of halogens is 2. The van der Waals surface area contributed by atoms with Gasteiger partial charge < -0.3 is 4.90 Å². The third-order valence-corrected chi connectivity index (χ3v) is 2.50. The smallest absolute Gasteiger partial charge is 0.240 e. The molecule has 0 aliphatic heterocycles. The molecule has 1 aromatic rings. The van der Waals surface area contributed by atoms with E-state index >= 15 is 0 Å². The van der Waals surface area contributed by atoms with Gasteiger partial charge in [0.1, 0.15) is 12.2 Å². The Morgan fingerprint density at radius 3 is 2.81 bits per heavy atom. The molecule has 0 N–H and O–H groups in total. The lowest BCUT2D eigenvalue weighted by Gasteiger charge is -2.18. The van der Waals surface area contributed by atoms with Crippen molar-refractivity contribution in [2.45, 2.75) is 13.3 Å². The van der Waals surface area contributed by atoms with Crippen LogP contribution in [0.1, 0.15) is 12.0 Å². The molecular formula is C11H10ClFN2O. The van der Waals surface area contributed by atoms with Crippen LogP contribution in [0.2, 0.25) is 5.02 Å². The van der Waals surface area contributed by atoms with Crippen molar-refractivity contribution in [1.82, 2.24) is 0 Å². The minimum Gasteiger partial charge on any atom is -0.313 e. The second kappa shape index (κ2) is 4.95. The first-order valence-corrected chi connectivity index (χ1v) is 4.94. The highest BCUT2D eigenvalue weighted by Gasteiger charge is 2.15. The Hall–Kier alpha value is -1.60. The van der Waals surface area contributed by atoms with Crippen LogP contribution in [0.3, 0.4) is 0 Å². The molecule has 0 radical (unpaired) electrons. The molecule has 0 spiro atoms. The summed E-state index contributed by atoms with van der Waals surface area (Å²) >= 11 is 5.90. The van der Waals surface area contributed by atoms with E-state index in [9.17, 15) is 9.18 Å². The van der Waals surface area contributed by atoms with Crippen LogP contribution in [0, 0.1) is 24.1 Å². The number of rotatable bonds is 2. The molecule has 0 aliphatic rings. The van der Waals surface area contributed by atoms with E-state index < -0.39 is 11.7 Å². The molecule has 0 saturated heterocycles. The second-order valence-corrected chi connectivity index (χ2v) is 3.75. The predicted molar refractivity (Wildman–Crippen MR) is 59.8 cm³/mol. The molecule has 3 nitrogen and oxygen atoms in total. The summed E-state index contributed by atoms with van der Waals surface area (Å²) in [7, 11) is 1.45. The van der Waals surface area contributed by atoms with E-state index in [0.29, 0.717) is 5.56 Å². The fourth-order valence-corrected chi connectivity index (χ4v) is 1.56. The Balaban J connectivity index is 3.10. The average molecular weight is 241 g/mol. The fraction of sp³-hybridized carbons (Fsp3) is 0.273. The lowest BCUT2D eigenvalue weighted by Crippen LogP contribution is -2.25. The van der Waals surface area contributed by atoms with Gasteiger partial charge in [-0.15, -0.1) is 0 Å². The van der Waals surface area contributed by atoms with Gasteiger partial charge in [-0.2, -0.15) is 5.26 Å². The van der Waals surface area contributed by atoms with E-state index in [-0.39, 0.29) is 17.1 Å². The summed E-state index contributed by atoms with van der Waals surface area (Å²) in [4.78, 5) is 12.6. The van der Waals surface area contributed by atoms with Gasteiger partial charge >= 0.3 is 0 Å². The zero-order valence-electron chi connectivity index (χ0n) is 8.92. The monoisotopic (exact) mass is 240 g/mol. The lowest BCUT2D eigenvalue weighted by molar-refractivity contribution is -0.117. The number of hydrogen-bond acceptors (Lipinski definition) is 2. The molecule has 0 heterocycles. The quantitative estimate of drug-likeness (QED) is 0.798. The third-order valence-electron chi connectivity index (χ3n) is 2.19. The van der Waals surface area contributed by atoms with Gasteiger partial charge in [0.15, 0.2) is 0 Å². The average Bonchev–Trinajstić information content (AvgIpc) is 2.23. The minimum absolute atomic E-state index is 0.262. The van der Waals surface area contributed by atoms with Gasteiger partial charge in [-0.3, -0.25) is 4.79 Å². The molecule has 84 valence electrons. The molecule has 0 unspecified atom stereocenters. The van der Waals surface area contributed by atoms with Crippen molar-refractivity contribution < 1.29 is 9.18 Å².